The van der Waals surface area contributed by atoms with Crippen LogP contribution >= 0.6 is 11.3 Å². The van der Waals surface area contributed by atoms with Gasteiger partial charge in [-0.05, 0) is 42.3 Å². The zero-order valence-electron chi connectivity index (χ0n) is 7.77. The molecule has 1 aromatic rings. The molecule has 80 valence electrons. The summed E-state index contributed by atoms with van der Waals surface area (Å²) in [4.78, 5) is 0. The largest absolute Gasteiger partial charge is 0.403 e. The number of alkyl halides is 3. The second-order valence-electron chi connectivity index (χ2n) is 3.05. The highest BCUT2D eigenvalue weighted by molar-refractivity contribution is 7.07. The maximum atomic E-state index is 12.3. The third kappa shape index (κ3) is 3.31. The second kappa shape index (κ2) is 4.79. The lowest BCUT2D eigenvalue weighted by atomic mass is 10.1. The molecule has 0 fully saturated rings. The van der Waals surface area contributed by atoms with Crippen molar-refractivity contribution >= 4 is 11.3 Å². The molecule has 0 amide bonds. The van der Waals surface area contributed by atoms with Crippen molar-refractivity contribution in [3.63, 3.8) is 0 Å². The van der Waals surface area contributed by atoms with Gasteiger partial charge in [0.15, 0.2) is 0 Å². The molecule has 1 rings (SSSR count). The summed E-state index contributed by atoms with van der Waals surface area (Å²) >= 11 is 1.50. The van der Waals surface area contributed by atoms with Crippen molar-refractivity contribution in [2.75, 3.05) is 7.05 Å². The summed E-state index contributed by atoms with van der Waals surface area (Å²) in [7, 11) is 1.34. The zero-order valence-corrected chi connectivity index (χ0v) is 8.58. The van der Waals surface area contributed by atoms with Gasteiger partial charge in [-0.2, -0.15) is 24.5 Å². The molecule has 5 heteroatoms. The second-order valence-corrected chi connectivity index (χ2v) is 3.83. The molecule has 14 heavy (non-hydrogen) atoms. The first kappa shape index (κ1) is 11.5. The Labute approximate surface area is 84.9 Å². The molecule has 1 heterocycles. The number of hydrogen-bond donors (Lipinski definition) is 1. The molecule has 1 aromatic heterocycles. The highest BCUT2D eigenvalue weighted by atomic mass is 32.1. The Kier molecular flexibility index (Phi) is 3.95. The van der Waals surface area contributed by atoms with Gasteiger partial charge in [-0.25, -0.2) is 0 Å². The van der Waals surface area contributed by atoms with E-state index in [1.807, 2.05) is 16.8 Å². The van der Waals surface area contributed by atoms with Gasteiger partial charge >= 0.3 is 6.18 Å². The van der Waals surface area contributed by atoms with Crippen molar-refractivity contribution in [3.8, 4) is 0 Å². The van der Waals surface area contributed by atoms with Gasteiger partial charge in [-0.1, -0.05) is 0 Å². The minimum atomic E-state index is -4.15. The molecule has 0 aromatic carbocycles. The van der Waals surface area contributed by atoms with E-state index in [1.54, 1.807) is 0 Å². The Morgan fingerprint density at radius 1 is 1.50 bits per heavy atom. The van der Waals surface area contributed by atoms with Gasteiger partial charge in [0.2, 0.25) is 0 Å². The molecular formula is C9H12F3NS. The van der Waals surface area contributed by atoms with Crippen molar-refractivity contribution in [1.82, 2.24) is 5.32 Å². The van der Waals surface area contributed by atoms with E-state index in [9.17, 15) is 13.2 Å². The van der Waals surface area contributed by atoms with Crippen LogP contribution in [0.4, 0.5) is 13.2 Å². The number of aryl methyl sites for hydroxylation is 1. The van der Waals surface area contributed by atoms with Crippen LogP contribution in [0.15, 0.2) is 16.8 Å². The van der Waals surface area contributed by atoms with Gasteiger partial charge in [0.05, 0.1) is 0 Å². The Morgan fingerprint density at radius 2 is 2.21 bits per heavy atom. The minimum Gasteiger partial charge on any atom is -0.309 e. The third-order valence-electron chi connectivity index (χ3n) is 2.05. The van der Waals surface area contributed by atoms with Gasteiger partial charge < -0.3 is 5.32 Å². The first-order chi connectivity index (χ1) is 6.54. The summed E-state index contributed by atoms with van der Waals surface area (Å²) in [5.74, 6) is 0. The van der Waals surface area contributed by atoms with Crippen molar-refractivity contribution in [1.29, 1.82) is 0 Å². The molecule has 0 radical (unpaired) electrons. The lowest BCUT2D eigenvalue weighted by molar-refractivity contribution is -0.155. The molecule has 0 bridgehead atoms. The van der Waals surface area contributed by atoms with Crippen LogP contribution in [0.25, 0.3) is 0 Å². The van der Waals surface area contributed by atoms with Crippen LogP contribution in [-0.4, -0.2) is 19.3 Å². The summed E-state index contributed by atoms with van der Waals surface area (Å²) in [5, 5.41) is 6.03. The summed E-state index contributed by atoms with van der Waals surface area (Å²) in [6.07, 6.45) is -3.59. The summed E-state index contributed by atoms with van der Waals surface area (Å²) in [6.45, 7) is 0. The number of rotatable bonds is 4. The predicted molar refractivity (Wildman–Crippen MR) is 51.5 cm³/mol. The van der Waals surface area contributed by atoms with Crippen LogP contribution in [0.5, 0.6) is 0 Å². The van der Waals surface area contributed by atoms with Crippen molar-refractivity contribution in [3.05, 3.63) is 22.4 Å². The fourth-order valence-electron chi connectivity index (χ4n) is 1.22. The SMILES string of the molecule is CNC(CCc1ccsc1)C(F)(F)F. The van der Waals surface area contributed by atoms with Crippen LogP contribution < -0.4 is 5.32 Å². The van der Waals surface area contributed by atoms with Crippen LogP contribution in [0.3, 0.4) is 0 Å². The highest BCUT2D eigenvalue weighted by Gasteiger charge is 2.37. The average Bonchev–Trinajstić information content (AvgIpc) is 2.55. The molecule has 0 aliphatic heterocycles. The van der Waals surface area contributed by atoms with Gasteiger partial charge in [0.25, 0.3) is 0 Å². The van der Waals surface area contributed by atoms with Crippen LogP contribution in [0, 0.1) is 0 Å². The third-order valence-corrected chi connectivity index (χ3v) is 2.78. The molecule has 0 aliphatic rings. The van der Waals surface area contributed by atoms with Gasteiger partial charge in [-0.3, -0.25) is 0 Å². The molecule has 1 atom stereocenters. The van der Waals surface area contributed by atoms with Crippen LogP contribution in [0.1, 0.15) is 12.0 Å². The standard InChI is InChI=1S/C9H12F3NS/c1-13-8(9(10,11)12)3-2-7-4-5-14-6-7/h4-6,8,13H,2-3H2,1H3. The van der Waals surface area contributed by atoms with E-state index in [0.717, 1.165) is 5.56 Å². The lowest BCUT2D eigenvalue weighted by Crippen LogP contribution is -2.40. The fraction of sp³-hybridized carbons (Fsp3) is 0.556. The Bertz CT molecular complexity index is 256. The minimum absolute atomic E-state index is 0.0940. The average molecular weight is 223 g/mol. The fourth-order valence-corrected chi connectivity index (χ4v) is 1.92. The van der Waals surface area contributed by atoms with E-state index in [-0.39, 0.29) is 6.42 Å². The van der Waals surface area contributed by atoms with Gasteiger partial charge in [0, 0.05) is 0 Å². The molecule has 1 N–H and O–H groups in total. The maximum Gasteiger partial charge on any atom is 0.403 e. The number of hydrogen-bond acceptors (Lipinski definition) is 2. The molecule has 0 saturated carbocycles. The number of halogens is 3. The molecule has 0 spiro atoms. The maximum absolute atomic E-state index is 12.3. The monoisotopic (exact) mass is 223 g/mol. The molecule has 1 unspecified atom stereocenters. The molecular weight excluding hydrogens is 211 g/mol. The quantitative estimate of drug-likeness (QED) is 0.827. The molecule has 1 nitrogen and oxygen atoms in total. The Morgan fingerprint density at radius 3 is 2.64 bits per heavy atom. The van der Waals surface area contributed by atoms with E-state index in [1.165, 1.54) is 18.4 Å². The van der Waals surface area contributed by atoms with E-state index in [4.69, 9.17) is 0 Å². The van der Waals surface area contributed by atoms with Crippen LogP contribution in [-0.2, 0) is 6.42 Å². The molecule has 0 saturated heterocycles. The van der Waals surface area contributed by atoms with E-state index >= 15 is 0 Å². The van der Waals surface area contributed by atoms with Gasteiger partial charge in [0.1, 0.15) is 6.04 Å². The van der Waals surface area contributed by atoms with Crippen molar-refractivity contribution < 1.29 is 13.2 Å². The van der Waals surface area contributed by atoms with E-state index in [0.29, 0.717) is 6.42 Å². The predicted octanol–water partition coefficient (Wildman–Crippen LogP) is 2.83. The topological polar surface area (TPSA) is 12.0 Å². The molecule has 0 aliphatic carbocycles. The highest BCUT2D eigenvalue weighted by Crippen LogP contribution is 2.23. The Balaban J connectivity index is 2.43. The number of nitrogens with one attached hydrogen (secondary N) is 1. The first-order valence-electron chi connectivity index (χ1n) is 4.29. The summed E-state index contributed by atoms with van der Waals surface area (Å²) < 4.78 is 36.9. The number of thiophene rings is 1. The van der Waals surface area contributed by atoms with Crippen LogP contribution in [0.2, 0.25) is 0 Å². The summed E-state index contributed by atoms with van der Waals surface area (Å²) in [5.41, 5.74) is 0.972. The first-order valence-corrected chi connectivity index (χ1v) is 5.23. The lowest BCUT2D eigenvalue weighted by Gasteiger charge is -2.18. The van der Waals surface area contributed by atoms with E-state index in [2.05, 4.69) is 5.32 Å². The normalized spacial score (nSPS) is 14.3. The smallest absolute Gasteiger partial charge is 0.309 e. The van der Waals surface area contributed by atoms with Crippen molar-refractivity contribution in [2.24, 2.45) is 0 Å². The van der Waals surface area contributed by atoms with Gasteiger partial charge in [-0.15, -0.1) is 0 Å². The Hall–Kier alpha value is -0.550. The van der Waals surface area contributed by atoms with E-state index < -0.39 is 12.2 Å². The van der Waals surface area contributed by atoms with Crippen molar-refractivity contribution in [2.45, 2.75) is 25.1 Å². The zero-order chi connectivity index (χ0) is 10.6. The summed E-state index contributed by atoms with van der Waals surface area (Å²) in [6, 6.07) is 0.454.